The van der Waals surface area contributed by atoms with Crippen LogP contribution in [0.15, 0.2) is 36.0 Å². The van der Waals surface area contributed by atoms with E-state index in [4.69, 9.17) is 4.84 Å². The van der Waals surface area contributed by atoms with Crippen molar-refractivity contribution >= 4 is 12.3 Å². The molecular weight excluding hydrogens is 198 g/mol. The summed E-state index contributed by atoms with van der Waals surface area (Å²) in [6.07, 6.45) is 3.63. The molecule has 0 aliphatic carbocycles. The number of hydrogen-bond donors (Lipinski definition) is 0. The van der Waals surface area contributed by atoms with Gasteiger partial charge in [0.25, 0.3) is 0 Å². The third kappa shape index (κ3) is 4.78. The Kier molecular flexibility index (Phi) is 4.29. The Balaban J connectivity index is 2.49. The average Bonchev–Trinajstić information content (AvgIpc) is 2.23. The van der Waals surface area contributed by atoms with Crippen LogP contribution in [0.25, 0.3) is 6.08 Å². The predicted octanol–water partition coefficient (Wildman–Crippen LogP) is 3.88. The van der Waals surface area contributed by atoms with Crippen LogP contribution in [0.4, 0.5) is 0 Å². The van der Waals surface area contributed by atoms with Crippen LogP contribution in [-0.2, 0) is 11.4 Å². The second kappa shape index (κ2) is 5.50. The van der Waals surface area contributed by atoms with Gasteiger partial charge in [-0.15, -0.1) is 0 Å². The molecule has 0 saturated carbocycles. The molecule has 0 amide bonds. The molecule has 0 bridgehead atoms. The monoisotopic (exact) mass is 217 g/mol. The number of nitrogens with zero attached hydrogens (tertiary/aromatic N) is 1. The molecule has 1 aromatic carbocycles. The molecule has 0 atom stereocenters. The molecule has 0 radical (unpaired) electrons. The van der Waals surface area contributed by atoms with E-state index in [1.807, 2.05) is 36.6 Å². The van der Waals surface area contributed by atoms with Gasteiger partial charge in [0.1, 0.15) is 6.61 Å². The quantitative estimate of drug-likeness (QED) is 0.554. The Hall–Kier alpha value is -1.57. The van der Waals surface area contributed by atoms with E-state index in [-0.39, 0.29) is 5.41 Å². The molecular formula is C14H19NO. The third-order valence-electron chi connectivity index (χ3n) is 1.93. The zero-order valence-corrected chi connectivity index (χ0v) is 10.2. The van der Waals surface area contributed by atoms with Gasteiger partial charge in [0.2, 0.25) is 0 Å². The van der Waals surface area contributed by atoms with E-state index < -0.39 is 0 Å². The lowest BCUT2D eigenvalue weighted by Gasteiger charge is -2.09. The number of rotatable bonds is 4. The first-order valence-corrected chi connectivity index (χ1v) is 5.39. The van der Waals surface area contributed by atoms with Crippen LogP contribution in [0.1, 0.15) is 31.9 Å². The fourth-order valence-corrected chi connectivity index (χ4v) is 1.12. The van der Waals surface area contributed by atoms with Crippen molar-refractivity contribution in [1.29, 1.82) is 0 Å². The molecule has 1 aromatic rings. The van der Waals surface area contributed by atoms with Crippen LogP contribution < -0.4 is 0 Å². The van der Waals surface area contributed by atoms with Gasteiger partial charge < -0.3 is 4.84 Å². The molecule has 16 heavy (non-hydrogen) atoms. The molecule has 2 nitrogen and oxygen atoms in total. The summed E-state index contributed by atoms with van der Waals surface area (Å²) in [4.78, 5) is 5.23. The summed E-state index contributed by atoms with van der Waals surface area (Å²) >= 11 is 0. The summed E-state index contributed by atoms with van der Waals surface area (Å²) < 4.78 is 0. The smallest absolute Gasteiger partial charge is 0.142 e. The Labute approximate surface area is 97.6 Å². The van der Waals surface area contributed by atoms with Crippen LogP contribution in [0.2, 0.25) is 0 Å². The van der Waals surface area contributed by atoms with Gasteiger partial charge in [0.15, 0.2) is 0 Å². The highest BCUT2D eigenvalue weighted by Gasteiger charge is 2.05. The molecule has 2 heteroatoms. The maximum atomic E-state index is 5.23. The number of benzene rings is 1. The van der Waals surface area contributed by atoms with Crippen LogP contribution in [0.3, 0.4) is 0 Å². The lowest BCUT2D eigenvalue weighted by Crippen LogP contribution is -2.06. The van der Waals surface area contributed by atoms with Crippen molar-refractivity contribution in [1.82, 2.24) is 0 Å². The fraction of sp³-hybridized carbons (Fsp3) is 0.357. The van der Waals surface area contributed by atoms with Gasteiger partial charge in [0, 0.05) is 11.6 Å². The SMILES string of the molecule is C=Cc1cccc(CON=CC(C)(C)C)c1. The minimum atomic E-state index is 0.0585. The van der Waals surface area contributed by atoms with Crippen LogP contribution in [-0.4, -0.2) is 6.21 Å². The first-order chi connectivity index (χ1) is 7.51. The van der Waals surface area contributed by atoms with E-state index in [9.17, 15) is 0 Å². The molecule has 0 unspecified atom stereocenters. The van der Waals surface area contributed by atoms with E-state index in [1.54, 1.807) is 0 Å². The molecule has 0 spiro atoms. The lowest BCUT2D eigenvalue weighted by molar-refractivity contribution is 0.129. The maximum absolute atomic E-state index is 5.23. The molecule has 0 fully saturated rings. The summed E-state index contributed by atoms with van der Waals surface area (Å²) in [5.41, 5.74) is 2.26. The topological polar surface area (TPSA) is 21.6 Å². The number of oxime groups is 1. The summed E-state index contributed by atoms with van der Waals surface area (Å²) in [5, 5.41) is 3.94. The minimum Gasteiger partial charge on any atom is -0.391 e. The molecule has 0 saturated heterocycles. The highest BCUT2D eigenvalue weighted by Crippen LogP contribution is 2.10. The standard InChI is InChI=1S/C14H19NO/c1-5-12-7-6-8-13(9-12)10-16-15-11-14(2,3)4/h5-9,11H,1,10H2,2-4H3. The van der Waals surface area contributed by atoms with Gasteiger partial charge in [-0.05, 0) is 17.2 Å². The van der Waals surface area contributed by atoms with Crippen LogP contribution in [0, 0.1) is 5.41 Å². The van der Waals surface area contributed by atoms with Gasteiger partial charge in [-0.25, -0.2) is 0 Å². The van der Waals surface area contributed by atoms with Crippen molar-refractivity contribution in [3.05, 3.63) is 42.0 Å². The summed E-state index contributed by atoms with van der Waals surface area (Å²) in [5.74, 6) is 0. The van der Waals surface area contributed by atoms with E-state index in [0.717, 1.165) is 11.1 Å². The Morgan fingerprint density at radius 1 is 1.38 bits per heavy atom. The predicted molar refractivity (Wildman–Crippen MR) is 69.3 cm³/mol. The Bertz CT molecular complexity index is 375. The molecule has 86 valence electrons. The van der Waals surface area contributed by atoms with E-state index in [2.05, 4.69) is 32.5 Å². The maximum Gasteiger partial charge on any atom is 0.142 e. The van der Waals surface area contributed by atoms with Crippen molar-refractivity contribution in [2.75, 3.05) is 0 Å². The second-order valence-corrected chi connectivity index (χ2v) is 4.82. The first-order valence-electron chi connectivity index (χ1n) is 5.39. The van der Waals surface area contributed by atoms with Gasteiger partial charge >= 0.3 is 0 Å². The van der Waals surface area contributed by atoms with Crippen LogP contribution in [0.5, 0.6) is 0 Å². The van der Waals surface area contributed by atoms with Crippen molar-refractivity contribution in [3.63, 3.8) is 0 Å². The molecule has 1 rings (SSSR count). The van der Waals surface area contributed by atoms with Gasteiger partial charge in [-0.1, -0.05) is 56.8 Å². The average molecular weight is 217 g/mol. The second-order valence-electron chi connectivity index (χ2n) is 4.82. The Morgan fingerprint density at radius 2 is 2.12 bits per heavy atom. The van der Waals surface area contributed by atoms with E-state index in [1.165, 1.54) is 0 Å². The third-order valence-corrected chi connectivity index (χ3v) is 1.93. The highest BCUT2D eigenvalue weighted by molar-refractivity contribution is 5.63. The van der Waals surface area contributed by atoms with Crippen molar-refractivity contribution in [3.8, 4) is 0 Å². The Morgan fingerprint density at radius 3 is 2.75 bits per heavy atom. The largest absolute Gasteiger partial charge is 0.391 e. The molecule has 0 heterocycles. The summed E-state index contributed by atoms with van der Waals surface area (Å²) in [6.45, 7) is 10.5. The number of hydrogen-bond acceptors (Lipinski definition) is 2. The first kappa shape index (κ1) is 12.5. The summed E-state index contributed by atoms with van der Waals surface area (Å²) in [7, 11) is 0. The zero-order chi connectivity index (χ0) is 12.0. The minimum absolute atomic E-state index is 0.0585. The summed E-state index contributed by atoms with van der Waals surface area (Å²) in [6, 6.07) is 8.05. The fourth-order valence-electron chi connectivity index (χ4n) is 1.12. The van der Waals surface area contributed by atoms with E-state index >= 15 is 0 Å². The highest BCUT2D eigenvalue weighted by atomic mass is 16.6. The molecule has 0 aliphatic rings. The molecule has 0 aromatic heterocycles. The van der Waals surface area contributed by atoms with Gasteiger partial charge in [-0.3, -0.25) is 0 Å². The van der Waals surface area contributed by atoms with Gasteiger partial charge in [0.05, 0.1) is 0 Å². The van der Waals surface area contributed by atoms with E-state index in [0.29, 0.717) is 6.61 Å². The molecule has 0 aliphatic heterocycles. The molecule has 0 N–H and O–H groups in total. The van der Waals surface area contributed by atoms with Crippen molar-refractivity contribution in [2.45, 2.75) is 27.4 Å². The normalized spacial score (nSPS) is 11.7. The van der Waals surface area contributed by atoms with Crippen LogP contribution >= 0.6 is 0 Å². The zero-order valence-electron chi connectivity index (χ0n) is 10.2. The van der Waals surface area contributed by atoms with Crippen molar-refractivity contribution in [2.24, 2.45) is 10.6 Å². The lowest BCUT2D eigenvalue weighted by atomic mass is 10.00. The van der Waals surface area contributed by atoms with Crippen molar-refractivity contribution < 1.29 is 4.84 Å². The van der Waals surface area contributed by atoms with Gasteiger partial charge in [-0.2, -0.15) is 0 Å².